The van der Waals surface area contributed by atoms with Gasteiger partial charge in [-0.25, -0.2) is 0 Å². The van der Waals surface area contributed by atoms with E-state index >= 15 is 0 Å². The van der Waals surface area contributed by atoms with Crippen LogP contribution in [-0.2, 0) is 4.79 Å². The molecule has 0 atom stereocenters. The molecular formula is C15H12NO4-. The quantitative estimate of drug-likeness (QED) is 0.881. The third-order valence-electron chi connectivity index (χ3n) is 2.50. The van der Waals surface area contributed by atoms with Gasteiger partial charge in [-0.05, 0) is 36.4 Å². The Kier molecular flexibility index (Phi) is 4.34. The second kappa shape index (κ2) is 6.38. The molecule has 0 saturated carbocycles. The van der Waals surface area contributed by atoms with E-state index in [0.29, 0.717) is 17.0 Å². The smallest absolute Gasteiger partial charge is 0.255 e. The summed E-state index contributed by atoms with van der Waals surface area (Å²) >= 11 is 0. The number of rotatable bonds is 5. The molecule has 0 saturated heterocycles. The summed E-state index contributed by atoms with van der Waals surface area (Å²) in [6.45, 7) is -0.504. The van der Waals surface area contributed by atoms with Gasteiger partial charge in [0, 0.05) is 11.3 Å². The number of carbonyl (C=O) groups excluding carboxylic acids is 2. The number of carbonyl (C=O) groups is 2. The van der Waals surface area contributed by atoms with Crippen molar-refractivity contribution in [3.8, 4) is 5.75 Å². The molecule has 0 aliphatic carbocycles. The Morgan fingerprint density at radius 2 is 1.65 bits per heavy atom. The Hall–Kier alpha value is -2.82. The van der Waals surface area contributed by atoms with Crippen molar-refractivity contribution in [2.75, 3.05) is 11.9 Å². The molecule has 20 heavy (non-hydrogen) atoms. The van der Waals surface area contributed by atoms with Crippen LogP contribution in [0.2, 0.25) is 0 Å². The highest BCUT2D eigenvalue weighted by Gasteiger charge is 2.04. The molecule has 2 aromatic rings. The minimum Gasteiger partial charge on any atom is -0.546 e. The molecule has 0 fully saturated rings. The summed E-state index contributed by atoms with van der Waals surface area (Å²) in [4.78, 5) is 22.1. The summed E-state index contributed by atoms with van der Waals surface area (Å²) in [6, 6.07) is 15.2. The largest absolute Gasteiger partial charge is 0.546 e. The van der Waals surface area contributed by atoms with E-state index in [1.807, 2.05) is 6.07 Å². The second-order valence-corrected chi connectivity index (χ2v) is 4.01. The molecule has 0 aromatic heterocycles. The van der Waals surface area contributed by atoms with Crippen molar-refractivity contribution < 1.29 is 19.4 Å². The van der Waals surface area contributed by atoms with Crippen LogP contribution in [0, 0.1) is 0 Å². The predicted octanol–water partition coefficient (Wildman–Crippen LogP) is 1.07. The summed E-state index contributed by atoms with van der Waals surface area (Å²) in [7, 11) is 0. The highest BCUT2D eigenvalue weighted by atomic mass is 16.5. The molecule has 1 N–H and O–H groups in total. The lowest BCUT2D eigenvalue weighted by molar-refractivity contribution is -0.307. The van der Waals surface area contributed by atoms with Gasteiger partial charge in [0.15, 0.2) is 0 Å². The van der Waals surface area contributed by atoms with Crippen LogP contribution in [-0.4, -0.2) is 18.5 Å². The summed E-state index contributed by atoms with van der Waals surface area (Å²) < 4.78 is 4.94. The minimum atomic E-state index is -1.29. The maximum atomic E-state index is 11.9. The lowest BCUT2D eigenvalue weighted by Gasteiger charge is -2.08. The second-order valence-electron chi connectivity index (χ2n) is 4.01. The molecule has 2 aromatic carbocycles. The zero-order valence-electron chi connectivity index (χ0n) is 10.5. The van der Waals surface area contributed by atoms with Crippen LogP contribution in [0.4, 0.5) is 5.69 Å². The van der Waals surface area contributed by atoms with E-state index in [2.05, 4.69) is 5.32 Å². The van der Waals surface area contributed by atoms with E-state index in [9.17, 15) is 14.7 Å². The van der Waals surface area contributed by atoms with Crippen LogP contribution in [0.3, 0.4) is 0 Å². The topological polar surface area (TPSA) is 78.5 Å². The monoisotopic (exact) mass is 270 g/mol. The Labute approximate surface area is 115 Å². The van der Waals surface area contributed by atoms with Crippen molar-refractivity contribution in [1.82, 2.24) is 0 Å². The number of benzene rings is 2. The van der Waals surface area contributed by atoms with Gasteiger partial charge < -0.3 is 20.0 Å². The Morgan fingerprint density at radius 1 is 1.00 bits per heavy atom. The molecule has 0 unspecified atom stereocenters. The maximum absolute atomic E-state index is 11.9. The maximum Gasteiger partial charge on any atom is 0.255 e. The number of ether oxygens (including phenoxy) is 1. The van der Waals surface area contributed by atoms with Gasteiger partial charge in [-0.2, -0.15) is 0 Å². The zero-order chi connectivity index (χ0) is 14.4. The van der Waals surface area contributed by atoms with Gasteiger partial charge in [0.1, 0.15) is 12.4 Å². The van der Waals surface area contributed by atoms with E-state index in [0.717, 1.165) is 0 Å². The van der Waals surface area contributed by atoms with Crippen molar-refractivity contribution in [2.24, 2.45) is 0 Å². The fourth-order valence-electron chi connectivity index (χ4n) is 1.57. The molecule has 102 valence electrons. The van der Waals surface area contributed by atoms with Gasteiger partial charge in [0.25, 0.3) is 5.91 Å². The third-order valence-corrected chi connectivity index (χ3v) is 2.50. The molecular weight excluding hydrogens is 258 g/mol. The van der Waals surface area contributed by atoms with Crippen molar-refractivity contribution in [3.63, 3.8) is 0 Å². The van der Waals surface area contributed by atoms with Crippen molar-refractivity contribution in [3.05, 3.63) is 60.2 Å². The van der Waals surface area contributed by atoms with Crippen LogP contribution in [0.15, 0.2) is 54.6 Å². The van der Waals surface area contributed by atoms with E-state index in [-0.39, 0.29) is 5.91 Å². The van der Waals surface area contributed by atoms with Gasteiger partial charge in [-0.3, -0.25) is 4.79 Å². The number of nitrogens with one attached hydrogen (secondary N) is 1. The molecule has 0 bridgehead atoms. The zero-order valence-corrected chi connectivity index (χ0v) is 10.5. The van der Waals surface area contributed by atoms with Crippen molar-refractivity contribution in [2.45, 2.75) is 0 Å². The lowest BCUT2D eigenvalue weighted by atomic mass is 10.2. The highest BCUT2D eigenvalue weighted by molar-refractivity contribution is 6.04. The van der Waals surface area contributed by atoms with Crippen molar-refractivity contribution in [1.29, 1.82) is 0 Å². The Morgan fingerprint density at radius 3 is 2.25 bits per heavy atom. The van der Waals surface area contributed by atoms with E-state index in [4.69, 9.17) is 4.74 Å². The van der Waals surface area contributed by atoms with Crippen LogP contribution < -0.4 is 15.2 Å². The van der Waals surface area contributed by atoms with Crippen LogP contribution in [0.1, 0.15) is 10.4 Å². The Bertz CT molecular complexity index is 593. The number of hydrogen-bond acceptors (Lipinski definition) is 4. The van der Waals surface area contributed by atoms with E-state index in [1.165, 1.54) is 0 Å². The van der Waals surface area contributed by atoms with E-state index in [1.54, 1.807) is 48.5 Å². The molecule has 5 nitrogen and oxygen atoms in total. The summed E-state index contributed by atoms with van der Waals surface area (Å²) in [5.41, 5.74) is 1.16. The molecule has 5 heteroatoms. The van der Waals surface area contributed by atoms with Crippen molar-refractivity contribution >= 4 is 17.6 Å². The highest BCUT2D eigenvalue weighted by Crippen LogP contribution is 2.16. The fourth-order valence-corrected chi connectivity index (χ4v) is 1.57. The molecule has 2 rings (SSSR count). The molecule has 1 amide bonds. The van der Waals surface area contributed by atoms with Gasteiger partial charge in [-0.1, -0.05) is 18.2 Å². The van der Waals surface area contributed by atoms with Gasteiger partial charge in [0.05, 0.1) is 5.97 Å². The first-order valence-electron chi connectivity index (χ1n) is 5.94. The molecule has 0 heterocycles. The summed E-state index contributed by atoms with van der Waals surface area (Å²) in [5, 5.41) is 13.0. The summed E-state index contributed by atoms with van der Waals surface area (Å²) in [6.07, 6.45) is 0. The Balaban J connectivity index is 1.97. The predicted molar refractivity (Wildman–Crippen MR) is 71.3 cm³/mol. The standard InChI is InChI=1S/C15H13NO4/c17-14(18)10-20-13-8-6-12(7-9-13)16-15(19)11-4-2-1-3-5-11/h1-9H,10H2,(H,16,19)(H,17,18)/p-1. The lowest BCUT2D eigenvalue weighted by Crippen LogP contribution is -2.28. The van der Waals surface area contributed by atoms with Crippen LogP contribution in [0.5, 0.6) is 5.75 Å². The number of carboxylic acid groups (broad SMARTS) is 1. The first-order chi connectivity index (χ1) is 9.65. The third kappa shape index (κ3) is 3.84. The number of aliphatic carboxylic acids is 1. The normalized spacial score (nSPS) is 9.80. The fraction of sp³-hybridized carbons (Fsp3) is 0.0667. The van der Waals surface area contributed by atoms with E-state index < -0.39 is 12.6 Å². The number of carboxylic acids is 1. The van der Waals surface area contributed by atoms with Crippen LogP contribution >= 0.6 is 0 Å². The number of anilines is 1. The average Bonchev–Trinajstić information content (AvgIpc) is 2.47. The minimum absolute atomic E-state index is 0.214. The average molecular weight is 270 g/mol. The molecule has 0 aliphatic heterocycles. The summed E-state index contributed by atoms with van der Waals surface area (Å²) in [5.74, 6) is -1.10. The number of hydrogen-bond donors (Lipinski definition) is 1. The first kappa shape index (κ1) is 13.6. The molecule has 0 aliphatic rings. The first-order valence-corrected chi connectivity index (χ1v) is 5.94. The molecule has 0 radical (unpaired) electrons. The number of amides is 1. The van der Waals surface area contributed by atoms with Gasteiger partial charge >= 0.3 is 0 Å². The SMILES string of the molecule is O=C([O-])COc1ccc(NC(=O)c2ccccc2)cc1. The van der Waals surface area contributed by atoms with Crippen LogP contribution in [0.25, 0.3) is 0 Å². The van der Waals surface area contributed by atoms with Gasteiger partial charge in [0.2, 0.25) is 0 Å². The molecule has 0 spiro atoms. The van der Waals surface area contributed by atoms with Gasteiger partial charge in [-0.15, -0.1) is 0 Å².